The first-order valence-electron chi connectivity index (χ1n) is 9.60. The maximum atomic E-state index is 12.5. The van der Waals surface area contributed by atoms with E-state index in [4.69, 9.17) is 9.47 Å². The fraction of sp³-hybridized carbons (Fsp3) is 0.409. The Hall–Kier alpha value is -2.74. The van der Waals surface area contributed by atoms with Crippen LogP contribution in [-0.2, 0) is 21.2 Å². The summed E-state index contributed by atoms with van der Waals surface area (Å²) in [4.78, 5) is 12.5. The molecule has 0 heterocycles. The summed E-state index contributed by atoms with van der Waals surface area (Å²) in [6.45, 7) is 5.76. The van der Waals surface area contributed by atoms with Crippen molar-refractivity contribution in [2.24, 2.45) is 0 Å². The van der Waals surface area contributed by atoms with Crippen molar-refractivity contribution in [3.63, 3.8) is 0 Å². The molecule has 0 radical (unpaired) electrons. The summed E-state index contributed by atoms with van der Waals surface area (Å²) in [5.41, 5.74) is 4.20. The van der Waals surface area contributed by atoms with E-state index in [2.05, 4.69) is 5.32 Å². The molecule has 0 aromatic heterocycles. The second kappa shape index (κ2) is 9.84. The van der Waals surface area contributed by atoms with Gasteiger partial charge in [-0.15, -0.1) is 0 Å². The molecule has 0 saturated heterocycles. The standard InChI is InChI=1S/C22H30N2O5S/c1-15-11-16(2)22(17(3)12-15)24(30(6,26)27)14-21(25)23-10-9-18-7-8-19(28-4)20(13-18)29-5/h7-8,11-13H,9-10,14H2,1-6H3,(H,23,25). The summed E-state index contributed by atoms with van der Waals surface area (Å²) in [5.74, 6) is 0.896. The molecule has 0 saturated carbocycles. The van der Waals surface area contributed by atoms with Crippen LogP contribution in [0.4, 0.5) is 5.69 Å². The van der Waals surface area contributed by atoms with Gasteiger partial charge in [-0.3, -0.25) is 9.10 Å². The lowest BCUT2D eigenvalue weighted by Gasteiger charge is -2.26. The van der Waals surface area contributed by atoms with Crippen molar-refractivity contribution in [2.45, 2.75) is 27.2 Å². The zero-order valence-corrected chi connectivity index (χ0v) is 19.2. The average molecular weight is 435 g/mol. The number of anilines is 1. The molecule has 0 aliphatic carbocycles. The molecule has 30 heavy (non-hydrogen) atoms. The van der Waals surface area contributed by atoms with Crippen molar-refractivity contribution in [2.75, 3.05) is 37.9 Å². The van der Waals surface area contributed by atoms with Gasteiger partial charge < -0.3 is 14.8 Å². The second-order valence-corrected chi connectivity index (χ2v) is 9.21. The number of carbonyl (C=O) groups excluding carboxylic acids is 1. The van der Waals surface area contributed by atoms with Crippen molar-refractivity contribution in [3.05, 3.63) is 52.6 Å². The van der Waals surface area contributed by atoms with Crippen LogP contribution in [0.15, 0.2) is 30.3 Å². The van der Waals surface area contributed by atoms with E-state index in [1.165, 1.54) is 4.31 Å². The predicted molar refractivity (Wildman–Crippen MR) is 119 cm³/mol. The Morgan fingerprint density at radius 3 is 2.13 bits per heavy atom. The maximum Gasteiger partial charge on any atom is 0.240 e. The van der Waals surface area contributed by atoms with E-state index in [0.717, 1.165) is 28.5 Å². The number of ether oxygens (including phenoxy) is 2. The molecule has 164 valence electrons. The first-order chi connectivity index (χ1) is 14.1. The topological polar surface area (TPSA) is 84.9 Å². The molecule has 2 rings (SSSR count). The maximum absolute atomic E-state index is 12.5. The van der Waals surface area contributed by atoms with Crippen LogP contribution in [0.1, 0.15) is 22.3 Å². The summed E-state index contributed by atoms with van der Waals surface area (Å²) >= 11 is 0. The highest BCUT2D eigenvalue weighted by atomic mass is 32.2. The quantitative estimate of drug-likeness (QED) is 0.656. The molecular formula is C22H30N2O5S. The summed E-state index contributed by atoms with van der Waals surface area (Å²) in [5, 5.41) is 2.80. The van der Waals surface area contributed by atoms with Crippen molar-refractivity contribution >= 4 is 21.6 Å². The third-order valence-electron chi connectivity index (χ3n) is 4.76. The molecule has 0 aliphatic rings. The molecule has 0 atom stereocenters. The Morgan fingerprint density at radius 2 is 1.60 bits per heavy atom. The van der Waals surface area contributed by atoms with Gasteiger partial charge in [0.2, 0.25) is 15.9 Å². The van der Waals surface area contributed by atoms with E-state index in [1.807, 2.05) is 51.1 Å². The molecule has 0 unspecified atom stereocenters. The number of rotatable bonds is 9. The number of nitrogens with zero attached hydrogens (tertiary/aromatic N) is 1. The number of hydrogen-bond donors (Lipinski definition) is 1. The Kier molecular flexibility index (Phi) is 7.72. The van der Waals surface area contributed by atoms with Crippen molar-refractivity contribution < 1.29 is 22.7 Å². The Morgan fingerprint density at radius 1 is 1.00 bits per heavy atom. The van der Waals surface area contributed by atoms with E-state index in [1.54, 1.807) is 14.2 Å². The normalized spacial score (nSPS) is 11.1. The SMILES string of the molecule is COc1ccc(CCNC(=O)CN(c2c(C)cc(C)cc2C)S(C)(=O)=O)cc1OC. The van der Waals surface area contributed by atoms with Crippen LogP contribution in [0.2, 0.25) is 0 Å². The van der Waals surface area contributed by atoms with E-state index >= 15 is 0 Å². The average Bonchev–Trinajstić information content (AvgIpc) is 2.65. The van der Waals surface area contributed by atoms with Crippen LogP contribution < -0.4 is 19.1 Å². The first kappa shape index (κ1) is 23.5. The number of methoxy groups -OCH3 is 2. The Labute approximate surface area is 179 Å². The van der Waals surface area contributed by atoms with Gasteiger partial charge in [-0.1, -0.05) is 23.8 Å². The zero-order chi connectivity index (χ0) is 22.5. The highest BCUT2D eigenvalue weighted by Crippen LogP contribution is 2.29. The number of aryl methyl sites for hydroxylation is 3. The number of nitrogens with one attached hydrogen (secondary N) is 1. The van der Waals surface area contributed by atoms with Crippen LogP contribution in [0.3, 0.4) is 0 Å². The summed E-state index contributed by atoms with van der Waals surface area (Å²) in [6.07, 6.45) is 1.69. The zero-order valence-electron chi connectivity index (χ0n) is 18.4. The minimum Gasteiger partial charge on any atom is -0.493 e. The highest BCUT2D eigenvalue weighted by molar-refractivity contribution is 7.92. The van der Waals surface area contributed by atoms with E-state index in [9.17, 15) is 13.2 Å². The molecule has 1 N–H and O–H groups in total. The number of benzene rings is 2. The van der Waals surface area contributed by atoms with Gasteiger partial charge in [0, 0.05) is 6.54 Å². The number of hydrogen-bond acceptors (Lipinski definition) is 5. The molecule has 7 nitrogen and oxygen atoms in total. The fourth-order valence-corrected chi connectivity index (χ4v) is 4.47. The first-order valence-corrected chi connectivity index (χ1v) is 11.4. The van der Waals surface area contributed by atoms with Crippen molar-refractivity contribution in [3.8, 4) is 11.5 Å². The monoisotopic (exact) mass is 434 g/mol. The molecule has 0 aliphatic heterocycles. The molecule has 1 amide bonds. The highest BCUT2D eigenvalue weighted by Gasteiger charge is 2.24. The summed E-state index contributed by atoms with van der Waals surface area (Å²) in [6, 6.07) is 9.39. The van der Waals surface area contributed by atoms with Gasteiger partial charge in [0.25, 0.3) is 0 Å². The van der Waals surface area contributed by atoms with Crippen LogP contribution in [-0.4, -0.2) is 47.9 Å². The van der Waals surface area contributed by atoms with Gasteiger partial charge in [-0.05, 0) is 56.0 Å². The molecule has 2 aromatic carbocycles. The largest absolute Gasteiger partial charge is 0.493 e. The van der Waals surface area contributed by atoms with Crippen LogP contribution in [0, 0.1) is 20.8 Å². The molecule has 0 fully saturated rings. The number of carbonyl (C=O) groups is 1. The Bertz CT molecular complexity index is 995. The lowest BCUT2D eigenvalue weighted by Crippen LogP contribution is -2.41. The summed E-state index contributed by atoms with van der Waals surface area (Å²) in [7, 11) is -0.483. The van der Waals surface area contributed by atoms with Crippen LogP contribution >= 0.6 is 0 Å². The minimum atomic E-state index is -3.62. The van der Waals surface area contributed by atoms with Gasteiger partial charge in [0.15, 0.2) is 11.5 Å². The molecule has 0 spiro atoms. The minimum absolute atomic E-state index is 0.268. The van der Waals surface area contributed by atoms with E-state index in [-0.39, 0.29) is 12.5 Å². The predicted octanol–water partition coefficient (Wildman–Crippen LogP) is 2.75. The van der Waals surface area contributed by atoms with Crippen LogP contribution in [0.25, 0.3) is 0 Å². The lowest BCUT2D eigenvalue weighted by atomic mass is 10.1. The molecule has 8 heteroatoms. The summed E-state index contributed by atoms with van der Waals surface area (Å²) < 4.78 is 36.5. The van der Waals surface area contributed by atoms with Gasteiger partial charge in [0.1, 0.15) is 6.54 Å². The van der Waals surface area contributed by atoms with E-state index in [0.29, 0.717) is 30.2 Å². The fourth-order valence-electron chi connectivity index (χ4n) is 3.50. The molecular weight excluding hydrogens is 404 g/mol. The smallest absolute Gasteiger partial charge is 0.240 e. The van der Waals surface area contributed by atoms with Crippen molar-refractivity contribution in [1.29, 1.82) is 0 Å². The Balaban J connectivity index is 2.08. The number of sulfonamides is 1. The molecule has 0 bridgehead atoms. The lowest BCUT2D eigenvalue weighted by molar-refractivity contribution is -0.119. The van der Waals surface area contributed by atoms with Gasteiger partial charge in [-0.25, -0.2) is 8.42 Å². The number of amides is 1. The van der Waals surface area contributed by atoms with Crippen LogP contribution in [0.5, 0.6) is 11.5 Å². The van der Waals surface area contributed by atoms with E-state index < -0.39 is 10.0 Å². The van der Waals surface area contributed by atoms with Gasteiger partial charge >= 0.3 is 0 Å². The second-order valence-electron chi connectivity index (χ2n) is 7.31. The third kappa shape index (κ3) is 5.89. The third-order valence-corrected chi connectivity index (χ3v) is 5.87. The van der Waals surface area contributed by atoms with Gasteiger partial charge in [-0.2, -0.15) is 0 Å². The molecule has 2 aromatic rings. The van der Waals surface area contributed by atoms with Crippen molar-refractivity contribution in [1.82, 2.24) is 5.32 Å². The van der Waals surface area contributed by atoms with Gasteiger partial charge in [0.05, 0.1) is 26.2 Å².